The molecular formula is H3BaNaO3. The van der Waals surface area contributed by atoms with Gasteiger partial charge in [-0.25, -0.2) is 0 Å². The van der Waals surface area contributed by atoms with Gasteiger partial charge in [0, 0.05) is 0 Å². The molecule has 0 amide bonds. The van der Waals surface area contributed by atoms with Gasteiger partial charge in [0.25, 0.3) is 0 Å². The molecule has 0 bridgehead atoms. The van der Waals surface area contributed by atoms with Crippen LogP contribution in [0.2, 0.25) is 0 Å². The van der Waals surface area contributed by atoms with E-state index in [1.54, 1.807) is 0 Å². The van der Waals surface area contributed by atoms with Gasteiger partial charge >= 0.3 is 78.4 Å². The van der Waals surface area contributed by atoms with Gasteiger partial charge in [-0.3, -0.25) is 0 Å². The molecule has 0 spiro atoms. The molecule has 0 atom stereocenters. The standard InChI is InChI=1S/Ba.Na.3H2O/h;;3*1H2/q+2;+1;;;/p-3. The third kappa shape index (κ3) is 21.3. The van der Waals surface area contributed by atoms with Crippen molar-refractivity contribution in [3.8, 4) is 0 Å². The fraction of sp³-hybridized carbons (Fsp3) is 0. The van der Waals surface area contributed by atoms with E-state index in [1.807, 2.05) is 0 Å². The van der Waals surface area contributed by atoms with Crippen molar-refractivity contribution in [1.82, 2.24) is 0 Å². The second kappa shape index (κ2) is 31.9. The van der Waals surface area contributed by atoms with Crippen molar-refractivity contribution >= 4 is 48.9 Å². The van der Waals surface area contributed by atoms with E-state index in [-0.39, 0.29) is 94.9 Å². The van der Waals surface area contributed by atoms with Gasteiger partial charge in [0.1, 0.15) is 0 Å². The van der Waals surface area contributed by atoms with E-state index < -0.39 is 0 Å². The average molecular weight is 211 g/mol. The minimum atomic E-state index is 0. The van der Waals surface area contributed by atoms with Gasteiger partial charge in [-0.1, -0.05) is 0 Å². The van der Waals surface area contributed by atoms with Crippen molar-refractivity contribution in [1.29, 1.82) is 0 Å². The maximum atomic E-state index is 0. The molecule has 5 heteroatoms. The van der Waals surface area contributed by atoms with Crippen LogP contribution in [0.25, 0.3) is 0 Å². The number of hydrogen-bond donors (Lipinski definition) is 0. The van der Waals surface area contributed by atoms with Crippen LogP contribution in [0, 0.1) is 0 Å². The Morgan fingerprint density at radius 1 is 0.600 bits per heavy atom. The van der Waals surface area contributed by atoms with Gasteiger partial charge in [-0.05, 0) is 0 Å². The average Bonchev–Trinajstić information content (AvgIpc) is 0. The zero-order valence-electron chi connectivity index (χ0n) is 3.05. The van der Waals surface area contributed by atoms with E-state index in [0.29, 0.717) is 0 Å². The zero-order chi connectivity index (χ0) is 0. The molecule has 24 valence electrons. The molecule has 0 unspecified atom stereocenters. The van der Waals surface area contributed by atoms with Crippen molar-refractivity contribution < 1.29 is 46.0 Å². The number of rotatable bonds is 0. The maximum Gasteiger partial charge on any atom is 2.00 e. The molecule has 0 aliphatic carbocycles. The van der Waals surface area contributed by atoms with Crippen molar-refractivity contribution in [3.63, 3.8) is 0 Å². The van der Waals surface area contributed by atoms with Gasteiger partial charge in [-0.15, -0.1) is 0 Å². The summed E-state index contributed by atoms with van der Waals surface area (Å²) in [7, 11) is 0. The third-order valence-electron chi connectivity index (χ3n) is 0. The Labute approximate surface area is 92.8 Å². The molecule has 0 fully saturated rings. The molecule has 5 heavy (non-hydrogen) atoms. The molecule has 0 aliphatic heterocycles. The van der Waals surface area contributed by atoms with Crippen LogP contribution < -0.4 is 29.6 Å². The predicted molar refractivity (Wildman–Crippen MR) is 11.6 cm³/mol. The first-order chi connectivity index (χ1) is 0. The molecular weight excluding hydrogens is 208 g/mol. The van der Waals surface area contributed by atoms with Crippen molar-refractivity contribution in [2.24, 2.45) is 0 Å². The Bertz CT molecular complexity index is 6.85. The van der Waals surface area contributed by atoms with Crippen LogP contribution in [0.1, 0.15) is 0 Å². The summed E-state index contributed by atoms with van der Waals surface area (Å²) < 4.78 is 0. The normalized spacial score (nSPS) is 0. The van der Waals surface area contributed by atoms with Gasteiger partial charge in [-0.2, -0.15) is 0 Å². The van der Waals surface area contributed by atoms with Gasteiger partial charge < -0.3 is 16.4 Å². The van der Waals surface area contributed by atoms with E-state index in [1.165, 1.54) is 0 Å². The quantitative estimate of drug-likeness (QED) is 0.383. The predicted octanol–water partition coefficient (Wildman–Crippen LogP) is -3.91. The molecule has 0 aromatic carbocycles. The van der Waals surface area contributed by atoms with Crippen LogP contribution in [-0.2, 0) is 0 Å². The second-order valence-corrected chi connectivity index (χ2v) is 0. The molecule has 0 aromatic heterocycles. The molecule has 0 heterocycles. The van der Waals surface area contributed by atoms with Crippen LogP contribution in [0.4, 0.5) is 0 Å². The summed E-state index contributed by atoms with van der Waals surface area (Å²) in [4.78, 5) is 0. The first-order valence-electron chi connectivity index (χ1n) is 0. The summed E-state index contributed by atoms with van der Waals surface area (Å²) in [6, 6.07) is 0. The summed E-state index contributed by atoms with van der Waals surface area (Å²) in [5.74, 6) is 0. The first-order valence-corrected chi connectivity index (χ1v) is 0. The molecule has 3 N–H and O–H groups in total. The van der Waals surface area contributed by atoms with Crippen LogP contribution >= 0.6 is 0 Å². The molecule has 0 saturated carbocycles. The van der Waals surface area contributed by atoms with Crippen LogP contribution in [-0.4, -0.2) is 65.3 Å². The van der Waals surface area contributed by atoms with Gasteiger partial charge in [0.15, 0.2) is 0 Å². The fourth-order valence-corrected chi connectivity index (χ4v) is 0. The summed E-state index contributed by atoms with van der Waals surface area (Å²) in [5.41, 5.74) is 0. The van der Waals surface area contributed by atoms with Crippen LogP contribution in [0.15, 0.2) is 0 Å². The summed E-state index contributed by atoms with van der Waals surface area (Å²) in [6.45, 7) is 0. The minimum Gasteiger partial charge on any atom is -0.870 e. The summed E-state index contributed by atoms with van der Waals surface area (Å²) in [5, 5.41) is 0. The summed E-state index contributed by atoms with van der Waals surface area (Å²) in [6.07, 6.45) is 0. The molecule has 0 radical (unpaired) electrons. The molecule has 0 aliphatic rings. The van der Waals surface area contributed by atoms with Crippen molar-refractivity contribution in [2.45, 2.75) is 0 Å². The van der Waals surface area contributed by atoms with E-state index in [4.69, 9.17) is 0 Å². The Hall–Kier alpha value is 2.45. The zero-order valence-corrected chi connectivity index (χ0v) is 9.49. The van der Waals surface area contributed by atoms with E-state index in [9.17, 15) is 0 Å². The Morgan fingerprint density at radius 3 is 0.600 bits per heavy atom. The van der Waals surface area contributed by atoms with E-state index >= 15 is 0 Å². The van der Waals surface area contributed by atoms with Gasteiger partial charge in [0.05, 0.1) is 0 Å². The van der Waals surface area contributed by atoms with Crippen LogP contribution in [0.3, 0.4) is 0 Å². The fourth-order valence-electron chi connectivity index (χ4n) is 0. The van der Waals surface area contributed by atoms with Crippen LogP contribution in [0.5, 0.6) is 0 Å². The second-order valence-electron chi connectivity index (χ2n) is 0. The monoisotopic (exact) mass is 212 g/mol. The Kier molecular flexibility index (Phi) is 329. The van der Waals surface area contributed by atoms with Gasteiger partial charge in [0.2, 0.25) is 0 Å². The largest absolute Gasteiger partial charge is 2.00 e. The first kappa shape index (κ1) is 51.6. The topological polar surface area (TPSA) is 90.0 Å². The molecule has 3 nitrogen and oxygen atoms in total. The Morgan fingerprint density at radius 2 is 0.600 bits per heavy atom. The molecule has 0 aromatic rings. The van der Waals surface area contributed by atoms with E-state index in [0.717, 1.165) is 0 Å². The van der Waals surface area contributed by atoms with Crippen molar-refractivity contribution in [3.05, 3.63) is 0 Å². The maximum absolute atomic E-state index is 0. The molecule has 0 rings (SSSR count). The third-order valence-corrected chi connectivity index (χ3v) is 0. The van der Waals surface area contributed by atoms with E-state index in [2.05, 4.69) is 0 Å². The Balaban J connectivity index is 0. The smallest absolute Gasteiger partial charge is 0.870 e. The summed E-state index contributed by atoms with van der Waals surface area (Å²) >= 11 is 0. The van der Waals surface area contributed by atoms with Crippen molar-refractivity contribution in [2.75, 3.05) is 0 Å². The molecule has 0 saturated heterocycles. The number of hydrogen-bond acceptors (Lipinski definition) is 3. The minimum absolute atomic E-state index is 0. The SMILES string of the molecule is [Ba+2].[Na+].[OH-].[OH-].[OH-].